The van der Waals surface area contributed by atoms with Gasteiger partial charge in [0.25, 0.3) is 0 Å². The van der Waals surface area contributed by atoms with Crippen molar-refractivity contribution in [1.82, 2.24) is 0 Å². The molecule has 0 atom stereocenters. The lowest BCUT2D eigenvalue weighted by Gasteiger charge is -2.29. The van der Waals surface area contributed by atoms with Crippen LogP contribution in [0.25, 0.3) is 77.3 Å². The standard InChI is InChI=1S/C48H31NO2/c1-2-12-32(13-3-1)33-24-26-34(27-25-33)35-28-30-36(31-29-35)49(42-19-11-23-46-48(42)40-16-6-9-21-44(40)51-46)41-18-7-4-14-37(41)38-17-10-22-45-47(38)39-15-5-8-20-43(39)50-45/h1-31H. The highest BCUT2D eigenvalue weighted by atomic mass is 16.3. The predicted octanol–water partition coefficient (Wildman–Crippen LogP) is 14.0. The topological polar surface area (TPSA) is 29.5 Å². The van der Waals surface area contributed by atoms with Crippen molar-refractivity contribution in [2.45, 2.75) is 0 Å². The van der Waals surface area contributed by atoms with E-state index in [9.17, 15) is 0 Å². The van der Waals surface area contributed by atoms with Crippen molar-refractivity contribution in [3.05, 3.63) is 188 Å². The molecule has 0 saturated carbocycles. The molecule has 2 heterocycles. The van der Waals surface area contributed by atoms with Gasteiger partial charge in [-0.05, 0) is 76.3 Å². The maximum absolute atomic E-state index is 6.40. The number of hydrogen-bond donors (Lipinski definition) is 0. The molecule has 0 fully saturated rings. The van der Waals surface area contributed by atoms with Crippen LogP contribution in [0.2, 0.25) is 0 Å². The van der Waals surface area contributed by atoms with Gasteiger partial charge in [0.05, 0.1) is 16.8 Å². The second kappa shape index (κ2) is 11.9. The maximum atomic E-state index is 6.40. The van der Waals surface area contributed by atoms with Crippen molar-refractivity contribution in [2.24, 2.45) is 0 Å². The SMILES string of the molecule is c1ccc(-c2ccc(-c3ccc(N(c4ccccc4-c4cccc5oc6ccccc6c45)c4cccc5oc6ccccc6c45)cc3)cc2)cc1. The Morgan fingerprint density at radius 1 is 0.294 bits per heavy atom. The van der Waals surface area contributed by atoms with Crippen molar-refractivity contribution >= 4 is 60.9 Å². The molecule has 3 heteroatoms. The molecule has 0 radical (unpaired) electrons. The fourth-order valence-corrected chi connectivity index (χ4v) is 7.53. The quantitative estimate of drug-likeness (QED) is 0.179. The Bertz CT molecular complexity index is 2840. The Kier molecular flexibility index (Phi) is 6.81. The summed E-state index contributed by atoms with van der Waals surface area (Å²) in [5.74, 6) is 0. The lowest BCUT2D eigenvalue weighted by atomic mass is 9.96. The number of nitrogens with zero attached hydrogens (tertiary/aromatic N) is 1. The van der Waals surface area contributed by atoms with Crippen molar-refractivity contribution in [2.75, 3.05) is 4.90 Å². The summed E-state index contributed by atoms with van der Waals surface area (Å²) in [6.45, 7) is 0. The van der Waals surface area contributed by atoms with E-state index in [4.69, 9.17) is 8.83 Å². The third-order valence-electron chi connectivity index (χ3n) is 9.91. The van der Waals surface area contributed by atoms with Crippen molar-refractivity contribution in [3.63, 3.8) is 0 Å². The van der Waals surface area contributed by atoms with E-state index in [1.54, 1.807) is 0 Å². The van der Waals surface area contributed by atoms with Gasteiger partial charge in [-0.2, -0.15) is 0 Å². The minimum Gasteiger partial charge on any atom is -0.456 e. The Morgan fingerprint density at radius 3 is 1.43 bits per heavy atom. The van der Waals surface area contributed by atoms with Gasteiger partial charge < -0.3 is 13.7 Å². The second-order valence-corrected chi connectivity index (χ2v) is 12.9. The zero-order valence-electron chi connectivity index (χ0n) is 27.7. The molecule has 0 aliphatic carbocycles. The number of hydrogen-bond acceptors (Lipinski definition) is 3. The number of furan rings is 2. The van der Waals surface area contributed by atoms with E-state index >= 15 is 0 Å². The molecule has 10 rings (SSSR count). The van der Waals surface area contributed by atoms with E-state index in [-0.39, 0.29) is 0 Å². The molecule has 51 heavy (non-hydrogen) atoms. The van der Waals surface area contributed by atoms with Crippen LogP contribution in [0.15, 0.2) is 197 Å². The van der Waals surface area contributed by atoms with Gasteiger partial charge in [0.2, 0.25) is 0 Å². The molecule has 0 unspecified atom stereocenters. The number of fused-ring (bicyclic) bond motifs is 6. The normalized spacial score (nSPS) is 11.5. The van der Waals surface area contributed by atoms with Crippen molar-refractivity contribution < 1.29 is 8.83 Å². The molecule has 0 aliphatic heterocycles. The van der Waals surface area contributed by atoms with E-state index in [0.29, 0.717) is 0 Å². The van der Waals surface area contributed by atoms with Gasteiger partial charge in [0, 0.05) is 27.4 Å². The fraction of sp³-hybridized carbons (Fsp3) is 0. The molecular formula is C48H31NO2. The summed E-state index contributed by atoms with van der Waals surface area (Å²) in [6, 6.07) is 66.2. The Labute approximate surface area is 295 Å². The molecule has 0 bridgehead atoms. The second-order valence-electron chi connectivity index (χ2n) is 12.9. The van der Waals surface area contributed by atoms with Gasteiger partial charge in [-0.25, -0.2) is 0 Å². The first-order valence-electron chi connectivity index (χ1n) is 17.3. The van der Waals surface area contributed by atoms with Crippen LogP contribution in [0.4, 0.5) is 17.1 Å². The summed E-state index contributed by atoms with van der Waals surface area (Å²) in [4.78, 5) is 2.38. The van der Waals surface area contributed by atoms with Gasteiger partial charge in [-0.15, -0.1) is 0 Å². The molecule has 8 aromatic carbocycles. The molecule has 10 aromatic rings. The van der Waals surface area contributed by atoms with Crippen molar-refractivity contribution in [1.29, 1.82) is 0 Å². The fourth-order valence-electron chi connectivity index (χ4n) is 7.53. The van der Waals surface area contributed by atoms with Gasteiger partial charge in [0.15, 0.2) is 0 Å². The highest BCUT2D eigenvalue weighted by molar-refractivity contribution is 6.16. The first kappa shape index (κ1) is 29.1. The monoisotopic (exact) mass is 653 g/mol. The molecule has 0 aliphatic rings. The van der Waals surface area contributed by atoms with Crippen LogP contribution in [0, 0.1) is 0 Å². The number of para-hydroxylation sites is 3. The van der Waals surface area contributed by atoms with Crippen LogP contribution in [-0.4, -0.2) is 0 Å². The maximum Gasteiger partial charge on any atom is 0.137 e. The van der Waals surface area contributed by atoms with Gasteiger partial charge >= 0.3 is 0 Å². The highest BCUT2D eigenvalue weighted by Crippen LogP contribution is 2.48. The summed E-state index contributed by atoms with van der Waals surface area (Å²) in [6.07, 6.45) is 0. The smallest absolute Gasteiger partial charge is 0.137 e. The third kappa shape index (κ3) is 4.90. The minimum atomic E-state index is 0.856. The van der Waals surface area contributed by atoms with Crippen LogP contribution in [0.1, 0.15) is 0 Å². The van der Waals surface area contributed by atoms with Gasteiger partial charge in [-0.3, -0.25) is 0 Å². The first-order chi connectivity index (χ1) is 25.3. The van der Waals surface area contributed by atoms with Crippen LogP contribution >= 0.6 is 0 Å². The highest BCUT2D eigenvalue weighted by Gasteiger charge is 2.23. The summed E-state index contributed by atoms with van der Waals surface area (Å²) < 4.78 is 12.7. The average molecular weight is 654 g/mol. The lowest BCUT2D eigenvalue weighted by Crippen LogP contribution is -2.11. The Balaban J connectivity index is 1.17. The van der Waals surface area contributed by atoms with Gasteiger partial charge in [0.1, 0.15) is 22.3 Å². The van der Waals surface area contributed by atoms with E-state index in [1.807, 2.05) is 24.3 Å². The van der Waals surface area contributed by atoms with Crippen molar-refractivity contribution in [3.8, 4) is 33.4 Å². The van der Waals surface area contributed by atoms with Crippen LogP contribution < -0.4 is 4.90 Å². The molecule has 0 amide bonds. The Hall–Kier alpha value is -6.84. The largest absolute Gasteiger partial charge is 0.456 e. The summed E-state index contributed by atoms with van der Waals surface area (Å²) in [5.41, 5.74) is 13.6. The minimum absolute atomic E-state index is 0.856. The van der Waals surface area contributed by atoms with Crippen LogP contribution in [-0.2, 0) is 0 Å². The molecule has 3 nitrogen and oxygen atoms in total. The summed E-state index contributed by atoms with van der Waals surface area (Å²) in [5, 5.41) is 4.39. The van der Waals surface area contributed by atoms with Crippen LogP contribution in [0.5, 0.6) is 0 Å². The molecule has 240 valence electrons. The van der Waals surface area contributed by atoms with Crippen LogP contribution in [0.3, 0.4) is 0 Å². The molecule has 0 spiro atoms. The lowest BCUT2D eigenvalue weighted by molar-refractivity contribution is 0.668. The molecule has 0 saturated heterocycles. The van der Waals surface area contributed by atoms with Gasteiger partial charge in [-0.1, -0.05) is 140 Å². The zero-order chi connectivity index (χ0) is 33.7. The summed E-state index contributed by atoms with van der Waals surface area (Å²) in [7, 11) is 0. The number of rotatable bonds is 6. The third-order valence-corrected chi connectivity index (χ3v) is 9.91. The Morgan fingerprint density at radius 2 is 0.745 bits per heavy atom. The molecule has 2 aromatic heterocycles. The first-order valence-corrected chi connectivity index (χ1v) is 17.3. The van der Waals surface area contributed by atoms with E-state index in [1.165, 1.54) is 16.7 Å². The summed E-state index contributed by atoms with van der Waals surface area (Å²) >= 11 is 0. The average Bonchev–Trinajstić information content (AvgIpc) is 3.78. The zero-order valence-corrected chi connectivity index (χ0v) is 27.7. The van der Waals surface area contributed by atoms with E-state index in [2.05, 4.69) is 169 Å². The van der Waals surface area contributed by atoms with E-state index in [0.717, 1.165) is 77.6 Å². The predicted molar refractivity (Wildman–Crippen MR) is 212 cm³/mol. The molecular weight excluding hydrogens is 623 g/mol. The number of anilines is 3. The number of benzene rings is 8. The van der Waals surface area contributed by atoms with E-state index < -0.39 is 0 Å². The molecule has 0 N–H and O–H groups in total.